The summed E-state index contributed by atoms with van der Waals surface area (Å²) in [5, 5.41) is 0. The van der Waals surface area contributed by atoms with E-state index in [2.05, 4.69) is 61.3 Å². The van der Waals surface area contributed by atoms with Gasteiger partial charge >= 0.3 is 0 Å². The van der Waals surface area contributed by atoms with E-state index in [0.29, 0.717) is 0 Å². The van der Waals surface area contributed by atoms with Gasteiger partial charge in [0.05, 0.1) is 0 Å². The molecular weight excluding hydrogens is 242 g/mol. The van der Waals surface area contributed by atoms with Gasteiger partial charge in [0.25, 0.3) is 0 Å². The number of nitrogens with zero attached hydrogens (tertiary/aromatic N) is 1. The van der Waals surface area contributed by atoms with Crippen LogP contribution in [-0.2, 0) is 11.8 Å². The average Bonchev–Trinajstić information content (AvgIpc) is 2.49. The first kappa shape index (κ1) is 14.8. The minimum atomic E-state index is 0.187. The van der Waals surface area contributed by atoms with Gasteiger partial charge in [0.1, 0.15) is 0 Å². The van der Waals surface area contributed by atoms with E-state index in [1.54, 1.807) is 0 Å². The first-order valence-corrected chi connectivity index (χ1v) is 7.76. The van der Waals surface area contributed by atoms with Crippen LogP contribution in [0.3, 0.4) is 0 Å². The van der Waals surface area contributed by atoms with Gasteiger partial charge < -0.3 is 0 Å². The Balaban J connectivity index is 2.36. The summed E-state index contributed by atoms with van der Waals surface area (Å²) in [6.07, 6.45) is 7.82. The van der Waals surface area contributed by atoms with E-state index in [-0.39, 0.29) is 5.41 Å². The standard InChI is InChI=1S/C19H25N/c1-3-13-19(14-4-2,18-12-8-9-15-20-18)16-17-10-6-5-7-11-17/h5-12,15H,3-4,13-14,16H2,1-2H3. The smallest absolute Gasteiger partial charge is 0.0468 e. The Morgan fingerprint density at radius 3 is 2.05 bits per heavy atom. The van der Waals surface area contributed by atoms with Gasteiger partial charge in [0, 0.05) is 17.3 Å². The number of benzene rings is 1. The van der Waals surface area contributed by atoms with Crippen molar-refractivity contribution >= 4 is 0 Å². The number of aromatic nitrogens is 1. The van der Waals surface area contributed by atoms with Gasteiger partial charge in [-0.25, -0.2) is 0 Å². The third-order valence-corrected chi connectivity index (χ3v) is 4.05. The largest absolute Gasteiger partial charge is 0.261 e. The van der Waals surface area contributed by atoms with Crippen LogP contribution in [0.4, 0.5) is 0 Å². The lowest BCUT2D eigenvalue weighted by atomic mass is 9.72. The summed E-state index contributed by atoms with van der Waals surface area (Å²) < 4.78 is 0. The molecule has 0 aliphatic carbocycles. The lowest BCUT2D eigenvalue weighted by Gasteiger charge is -2.33. The van der Waals surface area contributed by atoms with Crippen LogP contribution in [0.1, 0.15) is 50.8 Å². The van der Waals surface area contributed by atoms with Crippen LogP contribution in [0.5, 0.6) is 0 Å². The van der Waals surface area contributed by atoms with Crippen molar-refractivity contribution in [3.8, 4) is 0 Å². The molecule has 0 spiro atoms. The molecule has 0 saturated carbocycles. The van der Waals surface area contributed by atoms with Gasteiger partial charge in [-0.15, -0.1) is 0 Å². The van der Waals surface area contributed by atoms with E-state index in [9.17, 15) is 0 Å². The lowest BCUT2D eigenvalue weighted by molar-refractivity contribution is 0.343. The van der Waals surface area contributed by atoms with Crippen molar-refractivity contribution in [1.82, 2.24) is 4.98 Å². The first-order chi connectivity index (χ1) is 9.80. The van der Waals surface area contributed by atoms with E-state index < -0.39 is 0 Å². The van der Waals surface area contributed by atoms with Crippen LogP contribution in [-0.4, -0.2) is 4.98 Å². The first-order valence-electron chi connectivity index (χ1n) is 7.76. The molecule has 1 heterocycles. The van der Waals surface area contributed by atoms with Crippen molar-refractivity contribution in [3.05, 3.63) is 66.0 Å². The highest BCUT2D eigenvalue weighted by molar-refractivity contribution is 5.25. The molecule has 0 amide bonds. The number of pyridine rings is 1. The maximum atomic E-state index is 4.68. The molecule has 2 rings (SSSR count). The minimum Gasteiger partial charge on any atom is -0.261 e. The van der Waals surface area contributed by atoms with Crippen LogP contribution in [0.2, 0.25) is 0 Å². The van der Waals surface area contributed by atoms with Gasteiger partial charge in [0.2, 0.25) is 0 Å². The second kappa shape index (κ2) is 7.23. The Morgan fingerprint density at radius 1 is 0.850 bits per heavy atom. The summed E-state index contributed by atoms with van der Waals surface area (Å²) in [6.45, 7) is 4.55. The third kappa shape index (κ3) is 3.47. The van der Waals surface area contributed by atoms with Gasteiger partial charge in [-0.2, -0.15) is 0 Å². The molecule has 1 aromatic carbocycles. The second-order valence-electron chi connectivity index (χ2n) is 5.66. The lowest BCUT2D eigenvalue weighted by Crippen LogP contribution is -2.30. The van der Waals surface area contributed by atoms with Crippen LogP contribution in [0.15, 0.2) is 54.7 Å². The third-order valence-electron chi connectivity index (χ3n) is 4.05. The SMILES string of the molecule is CCCC(CCC)(Cc1ccccc1)c1ccccn1. The summed E-state index contributed by atoms with van der Waals surface area (Å²) >= 11 is 0. The fourth-order valence-electron chi connectivity index (χ4n) is 3.27. The molecule has 0 fully saturated rings. The molecule has 0 aliphatic heterocycles. The van der Waals surface area contributed by atoms with Gasteiger partial charge in [-0.05, 0) is 37.0 Å². The van der Waals surface area contributed by atoms with E-state index in [4.69, 9.17) is 0 Å². The molecular formula is C19H25N. The van der Waals surface area contributed by atoms with Crippen LogP contribution < -0.4 is 0 Å². The van der Waals surface area contributed by atoms with Crippen LogP contribution in [0, 0.1) is 0 Å². The molecule has 1 aromatic heterocycles. The molecule has 0 N–H and O–H groups in total. The molecule has 1 heteroatoms. The molecule has 0 unspecified atom stereocenters. The Labute approximate surface area is 123 Å². The predicted octanol–water partition coefficient (Wildman–Crippen LogP) is 5.16. The average molecular weight is 267 g/mol. The van der Waals surface area contributed by atoms with E-state index >= 15 is 0 Å². The Kier molecular flexibility index (Phi) is 5.34. The van der Waals surface area contributed by atoms with Gasteiger partial charge in [-0.3, -0.25) is 4.98 Å². The van der Waals surface area contributed by atoms with Crippen molar-refractivity contribution < 1.29 is 0 Å². The summed E-state index contributed by atoms with van der Waals surface area (Å²) in [6, 6.07) is 17.2. The fourth-order valence-corrected chi connectivity index (χ4v) is 3.27. The van der Waals surface area contributed by atoms with Crippen LogP contribution in [0.25, 0.3) is 0 Å². The number of hydrogen-bond acceptors (Lipinski definition) is 1. The molecule has 106 valence electrons. The Hall–Kier alpha value is -1.63. The topological polar surface area (TPSA) is 12.9 Å². The Bertz CT molecular complexity index is 484. The predicted molar refractivity (Wildman–Crippen MR) is 85.9 cm³/mol. The van der Waals surface area contributed by atoms with Crippen LogP contribution >= 0.6 is 0 Å². The summed E-state index contributed by atoms with van der Waals surface area (Å²) in [7, 11) is 0. The zero-order valence-corrected chi connectivity index (χ0v) is 12.7. The molecule has 0 atom stereocenters. The monoisotopic (exact) mass is 267 g/mol. The van der Waals surface area contributed by atoms with Crippen molar-refractivity contribution in [2.45, 2.75) is 51.4 Å². The van der Waals surface area contributed by atoms with Crippen molar-refractivity contribution in [1.29, 1.82) is 0 Å². The molecule has 2 aromatic rings. The molecule has 20 heavy (non-hydrogen) atoms. The highest BCUT2D eigenvalue weighted by Crippen LogP contribution is 2.36. The molecule has 1 nitrogen and oxygen atoms in total. The fraction of sp³-hybridized carbons (Fsp3) is 0.421. The van der Waals surface area contributed by atoms with E-state index in [1.165, 1.54) is 36.9 Å². The maximum absolute atomic E-state index is 4.68. The Morgan fingerprint density at radius 2 is 1.50 bits per heavy atom. The van der Waals surface area contributed by atoms with Crippen molar-refractivity contribution in [2.75, 3.05) is 0 Å². The van der Waals surface area contributed by atoms with Crippen molar-refractivity contribution in [3.63, 3.8) is 0 Å². The quantitative estimate of drug-likeness (QED) is 0.675. The summed E-state index contributed by atoms with van der Waals surface area (Å²) in [5.74, 6) is 0. The molecule has 0 saturated heterocycles. The maximum Gasteiger partial charge on any atom is 0.0468 e. The highest BCUT2D eigenvalue weighted by Gasteiger charge is 2.31. The summed E-state index contributed by atoms with van der Waals surface area (Å²) in [4.78, 5) is 4.68. The summed E-state index contributed by atoms with van der Waals surface area (Å²) in [5.41, 5.74) is 2.86. The van der Waals surface area contributed by atoms with Gasteiger partial charge in [0.15, 0.2) is 0 Å². The second-order valence-corrected chi connectivity index (χ2v) is 5.66. The number of rotatable bonds is 7. The zero-order chi connectivity index (χ0) is 14.3. The zero-order valence-electron chi connectivity index (χ0n) is 12.7. The van der Waals surface area contributed by atoms with E-state index in [0.717, 1.165) is 6.42 Å². The minimum absolute atomic E-state index is 0.187. The highest BCUT2D eigenvalue weighted by atomic mass is 14.7. The van der Waals surface area contributed by atoms with E-state index in [1.807, 2.05) is 12.3 Å². The number of hydrogen-bond donors (Lipinski definition) is 0. The van der Waals surface area contributed by atoms with Gasteiger partial charge in [-0.1, -0.05) is 63.1 Å². The molecule has 0 aliphatic rings. The van der Waals surface area contributed by atoms with Crippen molar-refractivity contribution in [2.24, 2.45) is 0 Å². The molecule has 0 bridgehead atoms. The normalized spacial score (nSPS) is 11.5. The molecule has 0 radical (unpaired) electrons.